The molecule has 1 saturated heterocycles. The number of ether oxygens (including phenoxy) is 2. The van der Waals surface area contributed by atoms with Crippen molar-refractivity contribution in [3.8, 4) is 11.5 Å². The number of rotatable bonds is 4. The molecule has 1 aromatic rings. The molecular formula is C17H24N2O3. The number of hydrogen-bond acceptors (Lipinski definition) is 4. The average Bonchev–Trinajstić information content (AvgIpc) is 2.59. The summed E-state index contributed by atoms with van der Waals surface area (Å²) in [5.74, 6) is 1.59. The summed E-state index contributed by atoms with van der Waals surface area (Å²) in [6.45, 7) is 4.96. The first-order chi connectivity index (χ1) is 10.7. The fourth-order valence-corrected chi connectivity index (χ4v) is 3.00. The molecule has 2 aliphatic rings. The van der Waals surface area contributed by atoms with E-state index in [0.717, 1.165) is 24.6 Å². The van der Waals surface area contributed by atoms with Crippen LogP contribution in [0.2, 0.25) is 0 Å². The van der Waals surface area contributed by atoms with E-state index in [1.54, 1.807) is 0 Å². The Labute approximate surface area is 131 Å². The van der Waals surface area contributed by atoms with Gasteiger partial charge in [0.15, 0.2) is 11.5 Å². The summed E-state index contributed by atoms with van der Waals surface area (Å²) in [5.41, 5.74) is 0. The van der Waals surface area contributed by atoms with Crippen LogP contribution < -0.4 is 14.8 Å². The molecule has 22 heavy (non-hydrogen) atoms. The van der Waals surface area contributed by atoms with Gasteiger partial charge < -0.3 is 14.8 Å². The zero-order valence-corrected chi connectivity index (χ0v) is 13.1. The lowest BCUT2D eigenvalue weighted by Crippen LogP contribution is -2.50. The highest BCUT2D eigenvalue weighted by molar-refractivity contribution is 5.81. The maximum atomic E-state index is 12.3. The van der Waals surface area contributed by atoms with Crippen LogP contribution >= 0.6 is 0 Å². The smallest absolute Gasteiger partial charge is 0.237 e. The number of hydrogen-bond donors (Lipinski definition) is 1. The number of nitrogens with one attached hydrogen (secondary N) is 1. The minimum Gasteiger partial charge on any atom is -0.486 e. The second-order valence-electron chi connectivity index (χ2n) is 6.02. The molecular weight excluding hydrogens is 280 g/mol. The highest BCUT2D eigenvalue weighted by Crippen LogP contribution is 2.30. The van der Waals surface area contributed by atoms with Crippen molar-refractivity contribution in [3.63, 3.8) is 0 Å². The molecule has 5 heteroatoms. The third-order valence-electron chi connectivity index (χ3n) is 4.39. The molecule has 0 unspecified atom stereocenters. The van der Waals surface area contributed by atoms with Gasteiger partial charge in [-0.1, -0.05) is 18.6 Å². The van der Waals surface area contributed by atoms with Crippen molar-refractivity contribution in [1.82, 2.24) is 10.2 Å². The molecule has 1 amide bonds. The highest BCUT2D eigenvalue weighted by atomic mass is 16.6. The first-order valence-corrected chi connectivity index (χ1v) is 8.14. The highest BCUT2D eigenvalue weighted by Gasteiger charge is 2.25. The van der Waals surface area contributed by atoms with Crippen molar-refractivity contribution in [2.75, 3.05) is 26.2 Å². The number of piperidine rings is 1. The zero-order valence-electron chi connectivity index (χ0n) is 13.1. The number of carbonyl (C=O) groups is 1. The Morgan fingerprint density at radius 3 is 2.77 bits per heavy atom. The van der Waals surface area contributed by atoms with Crippen LogP contribution in [0.5, 0.6) is 11.5 Å². The van der Waals surface area contributed by atoms with Crippen molar-refractivity contribution in [2.24, 2.45) is 0 Å². The van der Waals surface area contributed by atoms with E-state index >= 15 is 0 Å². The molecule has 1 fully saturated rings. The SMILES string of the molecule is C[C@@H](C(=O)NC[C@@H]1COc2ccccc2O1)N1CCCCC1. The van der Waals surface area contributed by atoms with Gasteiger partial charge in [-0.2, -0.15) is 0 Å². The van der Waals surface area contributed by atoms with E-state index in [9.17, 15) is 4.79 Å². The third-order valence-corrected chi connectivity index (χ3v) is 4.39. The number of fused-ring (bicyclic) bond motifs is 1. The Morgan fingerprint density at radius 2 is 2.00 bits per heavy atom. The molecule has 2 heterocycles. The lowest BCUT2D eigenvalue weighted by atomic mass is 10.1. The number of nitrogens with zero attached hydrogens (tertiary/aromatic N) is 1. The summed E-state index contributed by atoms with van der Waals surface area (Å²) in [5, 5.41) is 2.99. The molecule has 120 valence electrons. The number of benzene rings is 1. The Kier molecular flexibility index (Phi) is 4.83. The Hall–Kier alpha value is -1.75. The second kappa shape index (κ2) is 7.01. The van der Waals surface area contributed by atoms with Crippen LogP contribution in [0.25, 0.3) is 0 Å². The van der Waals surface area contributed by atoms with Gasteiger partial charge in [0.05, 0.1) is 12.6 Å². The van der Waals surface area contributed by atoms with Crippen molar-refractivity contribution >= 4 is 5.91 Å². The van der Waals surface area contributed by atoms with E-state index < -0.39 is 0 Å². The third kappa shape index (κ3) is 3.53. The second-order valence-corrected chi connectivity index (χ2v) is 6.02. The first kappa shape index (κ1) is 15.2. The average molecular weight is 304 g/mol. The fraction of sp³-hybridized carbons (Fsp3) is 0.588. The summed E-state index contributed by atoms with van der Waals surface area (Å²) >= 11 is 0. The van der Waals surface area contributed by atoms with Crippen LogP contribution in [0.1, 0.15) is 26.2 Å². The molecule has 5 nitrogen and oxygen atoms in total. The maximum Gasteiger partial charge on any atom is 0.237 e. The standard InChI is InChI=1S/C17H24N2O3/c1-13(19-9-5-2-6-10-19)17(20)18-11-14-12-21-15-7-3-4-8-16(15)22-14/h3-4,7-8,13-14H,2,5-6,9-12H2,1H3,(H,18,20)/t13-,14+/m0/s1. The van der Waals surface area contributed by atoms with Gasteiger partial charge in [-0.15, -0.1) is 0 Å². The lowest BCUT2D eigenvalue weighted by molar-refractivity contribution is -0.126. The quantitative estimate of drug-likeness (QED) is 0.922. The van der Waals surface area contributed by atoms with Crippen molar-refractivity contribution in [3.05, 3.63) is 24.3 Å². The van der Waals surface area contributed by atoms with E-state index in [0.29, 0.717) is 13.2 Å². The number of para-hydroxylation sites is 2. The van der Waals surface area contributed by atoms with Crippen LogP contribution in [0.3, 0.4) is 0 Å². The van der Waals surface area contributed by atoms with Gasteiger partial charge >= 0.3 is 0 Å². The normalized spacial score (nSPS) is 22.9. The lowest BCUT2D eigenvalue weighted by Gasteiger charge is -2.32. The van der Waals surface area contributed by atoms with Gasteiger partial charge in [0, 0.05) is 0 Å². The molecule has 1 N–H and O–H groups in total. The Balaban J connectivity index is 1.47. The molecule has 0 aromatic heterocycles. The van der Waals surface area contributed by atoms with Crippen LogP contribution in [0.4, 0.5) is 0 Å². The molecule has 1 aromatic carbocycles. The molecule has 0 saturated carbocycles. The first-order valence-electron chi connectivity index (χ1n) is 8.14. The van der Waals surface area contributed by atoms with Crippen molar-refractivity contribution in [1.29, 1.82) is 0 Å². The van der Waals surface area contributed by atoms with Gasteiger partial charge in [-0.3, -0.25) is 9.69 Å². The predicted octanol–water partition coefficient (Wildman–Crippen LogP) is 1.82. The van der Waals surface area contributed by atoms with Crippen molar-refractivity contribution in [2.45, 2.75) is 38.3 Å². The molecule has 0 aliphatic carbocycles. The van der Waals surface area contributed by atoms with Gasteiger partial charge in [0.25, 0.3) is 0 Å². The largest absolute Gasteiger partial charge is 0.486 e. The summed E-state index contributed by atoms with van der Waals surface area (Å²) in [4.78, 5) is 14.5. The monoisotopic (exact) mass is 304 g/mol. The van der Waals surface area contributed by atoms with Gasteiger partial charge in [-0.05, 0) is 45.0 Å². The summed E-state index contributed by atoms with van der Waals surface area (Å²) in [6.07, 6.45) is 3.52. The molecule has 0 radical (unpaired) electrons. The summed E-state index contributed by atoms with van der Waals surface area (Å²) in [7, 11) is 0. The van der Waals surface area contributed by atoms with E-state index in [4.69, 9.17) is 9.47 Å². The van der Waals surface area contributed by atoms with Crippen LogP contribution in [0.15, 0.2) is 24.3 Å². The minimum absolute atomic E-state index is 0.0721. The van der Waals surface area contributed by atoms with Crippen LogP contribution in [0, 0.1) is 0 Å². The van der Waals surface area contributed by atoms with E-state index in [1.165, 1.54) is 19.3 Å². The van der Waals surface area contributed by atoms with E-state index in [1.807, 2.05) is 31.2 Å². The summed E-state index contributed by atoms with van der Waals surface area (Å²) in [6, 6.07) is 7.55. The summed E-state index contributed by atoms with van der Waals surface area (Å²) < 4.78 is 11.5. The van der Waals surface area contributed by atoms with E-state index in [-0.39, 0.29) is 18.1 Å². The fourth-order valence-electron chi connectivity index (χ4n) is 3.00. The molecule has 3 rings (SSSR count). The Morgan fingerprint density at radius 1 is 1.27 bits per heavy atom. The van der Waals surface area contributed by atoms with E-state index in [2.05, 4.69) is 10.2 Å². The predicted molar refractivity (Wildman–Crippen MR) is 84.2 cm³/mol. The molecule has 0 bridgehead atoms. The van der Waals surface area contributed by atoms with Crippen molar-refractivity contribution < 1.29 is 14.3 Å². The number of amides is 1. The van der Waals surface area contributed by atoms with Gasteiger partial charge in [-0.25, -0.2) is 0 Å². The Bertz CT molecular complexity index is 514. The van der Waals surface area contributed by atoms with Crippen LogP contribution in [-0.2, 0) is 4.79 Å². The number of likely N-dealkylation sites (tertiary alicyclic amines) is 1. The minimum atomic E-state index is -0.132. The van der Waals surface area contributed by atoms with Crippen LogP contribution in [-0.4, -0.2) is 49.2 Å². The van der Waals surface area contributed by atoms with Gasteiger partial charge in [0.1, 0.15) is 12.7 Å². The topological polar surface area (TPSA) is 50.8 Å². The maximum absolute atomic E-state index is 12.3. The zero-order chi connectivity index (χ0) is 15.4. The number of carbonyl (C=O) groups excluding carboxylic acids is 1. The molecule has 2 atom stereocenters. The molecule has 0 spiro atoms. The molecule has 2 aliphatic heterocycles. The van der Waals surface area contributed by atoms with Gasteiger partial charge in [0.2, 0.25) is 5.91 Å².